The van der Waals surface area contributed by atoms with Gasteiger partial charge in [-0.25, -0.2) is 0 Å². The van der Waals surface area contributed by atoms with E-state index in [2.05, 4.69) is 10.2 Å². The quantitative estimate of drug-likeness (QED) is 0.581. The number of likely N-dealkylation sites (tertiary alicyclic amines) is 1. The second-order valence-electron chi connectivity index (χ2n) is 3.95. The highest BCUT2D eigenvalue weighted by molar-refractivity contribution is 5.77. The van der Waals surface area contributed by atoms with Gasteiger partial charge in [0.05, 0.1) is 6.54 Å². The molecule has 0 aliphatic carbocycles. The minimum absolute atomic E-state index is 0.284. The van der Waals surface area contributed by atoms with Crippen molar-refractivity contribution < 1.29 is 4.79 Å². The summed E-state index contributed by atoms with van der Waals surface area (Å²) in [5.41, 5.74) is 0.565. The number of Topliss-reactive ketones (excluding diaryl/α,β-unsaturated/α-hetero) is 1. The molecular weight excluding hydrogens is 140 g/mol. The number of hydrogen-bond donors (Lipinski definition) is 1. The van der Waals surface area contributed by atoms with Crippen LogP contribution in [0, 0.1) is 5.41 Å². The summed E-state index contributed by atoms with van der Waals surface area (Å²) in [5.74, 6) is 0.284. The first-order valence-electron chi connectivity index (χ1n) is 4.13. The number of ketones is 1. The van der Waals surface area contributed by atoms with Crippen LogP contribution in [-0.4, -0.2) is 43.4 Å². The van der Waals surface area contributed by atoms with Crippen molar-refractivity contribution in [2.45, 2.75) is 6.92 Å². The first-order valence-corrected chi connectivity index (χ1v) is 4.13. The van der Waals surface area contributed by atoms with Gasteiger partial charge in [0.25, 0.3) is 0 Å². The van der Waals surface area contributed by atoms with Crippen molar-refractivity contribution in [3.8, 4) is 0 Å². The van der Waals surface area contributed by atoms with Crippen molar-refractivity contribution in [1.82, 2.24) is 10.2 Å². The standard InChI is InChI=1S/C8H14N2O/c1-7(11)2-10-5-8(6-10)3-9-4-8/h9H,2-6H2,1H3. The van der Waals surface area contributed by atoms with Crippen LogP contribution in [0.1, 0.15) is 6.92 Å². The second-order valence-corrected chi connectivity index (χ2v) is 3.95. The van der Waals surface area contributed by atoms with E-state index in [-0.39, 0.29) is 5.78 Å². The van der Waals surface area contributed by atoms with Gasteiger partial charge >= 0.3 is 0 Å². The van der Waals surface area contributed by atoms with Gasteiger partial charge in [-0.05, 0) is 6.92 Å². The van der Waals surface area contributed by atoms with Crippen molar-refractivity contribution in [3.05, 3.63) is 0 Å². The highest BCUT2D eigenvalue weighted by Crippen LogP contribution is 2.33. The SMILES string of the molecule is CC(=O)CN1CC2(CNC2)C1. The topological polar surface area (TPSA) is 32.3 Å². The summed E-state index contributed by atoms with van der Waals surface area (Å²) in [7, 11) is 0. The molecule has 0 atom stereocenters. The van der Waals surface area contributed by atoms with Crippen LogP contribution < -0.4 is 5.32 Å². The first-order chi connectivity index (χ1) is 5.20. The van der Waals surface area contributed by atoms with E-state index < -0.39 is 0 Å². The minimum Gasteiger partial charge on any atom is -0.315 e. The Morgan fingerprint density at radius 2 is 2.18 bits per heavy atom. The predicted octanol–water partition coefficient (Wildman–Crippen LogP) is -0.519. The Bertz CT molecular complexity index is 179. The number of rotatable bonds is 2. The molecule has 0 unspecified atom stereocenters. The third-order valence-corrected chi connectivity index (χ3v) is 2.56. The zero-order valence-electron chi connectivity index (χ0n) is 6.89. The zero-order chi connectivity index (χ0) is 7.90. The summed E-state index contributed by atoms with van der Waals surface area (Å²) < 4.78 is 0. The molecule has 11 heavy (non-hydrogen) atoms. The van der Waals surface area contributed by atoms with Crippen LogP contribution in [0.3, 0.4) is 0 Å². The van der Waals surface area contributed by atoms with Gasteiger partial charge in [0, 0.05) is 31.6 Å². The van der Waals surface area contributed by atoms with E-state index in [0.29, 0.717) is 12.0 Å². The lowest BCUT2D eigenvalue weighted by atomic mass is 9.74. The lowest BCUT2D eigenvalue weighted by molar-refractivity contribution is -0.123. The van der Waals surface area contributed by atoms with Crippen molar-refractivity contribution in [2.24, 2.45) is 5.41 Å². The maximum absolute atomic E-state index is 10.7. The molecule has 0 bridgehead atoms. The number of carbonyl (C=O) groups is 1. The first kappa shape index (κ1) is 7.25. The summed E-state index contributed by atoms with van der Waals surface area (Å²) in [5, 5.41) is 3.27. The Morgan fingerprint density at radius 1 is 1.55 bits per heavy atom. The van der Waals surface area contributed by atoms with Crippen LogP contribution >= 0.6 is 0 Å². The monoisotopic (exact) mass is 154 g/mol. The van der Waals surface area contributed by atoms with E-state index in [1.807, 2.05) is 0 Å². The summed E-state index contributed by atoms with van der Waals surface area (Å²) in [4.78, 5) is 12.9. The summed E-state index contributed by atoms with van der Waals surface area (Å²) >= 11 is 0. The molecule has 2 fully saturated rings. The van der Waals surface area contributed by atoms with E-state index in [0.717, 1.165) is 26.2 Å². The highest BCUT2D eigenvalue weighted by atomic mass is 16.1. The lowest BCUT2D eigenvalue weighted by Crippen LogP contribution is -2.71. The van der Waals surface area contributed by atoms with Gasteiger partial charge in [-0.3, -0.25) is 9.69 Å². The summed E-state index contributed by atoms with van der Waals surface area (Å²) in [6.45, 7) is 6.87. The van der Waals surface area contributed by atoms with E-state index in [1.165, 1.54) is 0 Å². The van der Waals surface area contributed by atoms with Crippen molar-refractivity contribution in [3.63, 3.8) is 0 Å². The van der Waals surface area contributed by atoms with Gasteiger partial charge in [-0.1, -0.05) is 0 Å². The van der Waals surface area contributed by atoms with Gasteiger partial charge in [-0.2, -0.15) is 0 Å². The molecule has 2 aliphatic rings. The van der Waals surface area contributed by atoms with E-state index in [1.54, 1.807) is 6.92 Å². The molecule has 1 N–H and O–H groups in total. The average Bonchev–Trinajstić information content (AvgIpc) is 1.71. The highest BCUT2D eigenvalue weighted by Gasteiger charge is 2.47. The molecule has 0 radical (unpaired) electrons. The molecule has 0 aromatic heterocycles. The Labute approximate surface area is 66.8 Å². The molecule has 3 heteroatoms. The molecule has 1 spiro atoms. The van der Waals surface area contributed by atoms with Gasteiger partial charge in [-0.15, -0.1) is 0 Å². The van der Waals surface area contributed by atoms with Crippen LogP contribution in [0.2, 0.25) is 0 Å². The fourth-order valence-corrected chi connectivity index (χ4v) is 2.03. The fourth-order valence-electron chi connectivity index (χ4n) is 2.03. The van der Waals surface area contributed by atoms with Crippen molar-refractivity contribution in [1.29, 1.82) is 0 Å². The molecule has 0 saturated carbocycles. The third-order valence-electron chi connectivity index (χ3n) is 2.56. The van der Waals surface area contributed by atoms with E-state index in [9.17, 15) is 4.79 Å². The van der Waals surface area contributed by atoms with Gasteiger partial charge in [0.15, 0.2) is 0 Å². The third kappa shape index (κ3) is 1.19. The van der Waals surface area contributed by atoms with E-state index >= 15 is 0 Å². The molecule has 2 rings (SSSR count). The number of hydrogen-bond acceptors (Lipinski definition) is 3. The van der Waals surface area contributed by atoms with Gasteiger partial charge in [0.2, 0.25) is 0 Å². The van der Waals surface area contributed by atoms with Crippen LogP contribution in [0.25, 0.3) is 0 Å². The molecule has 0 amide bonds. The van der Waals surface area contributed by atoms with Crippen molar-refractivity contribution >= 4 is 5.78 Å². The van der Waals surface area contributed by atoms with E-state index in [4.69, 9.17) is 0 Å². The number of nitrogens with one attached hydrogen (secondary N) is 1. The van der Waals surface area contributed by atoms with Crippen molar-refractivity contribution in [2.75, 3.05) is 32.7 Å². The molecule has 2 aliphatic heterocycles. The van der Waals surface area contributed by atoms with Crippen LogP contribution in [0.4, 0.5) is 0 Å². The maximum atomic E-state index is 10.7. The minimum atomic E-state index is 0.284. The van der Waals surface area contributed by atoms with Gasteiger partial charge in [0.1, 0.15) is 5.78 Å². The van der Waals surface area contributed by atoms with Crippen LogP contribution in [0.15, 0.2) is 0 Å². The largest absolute Gasteiger partial charge is 0.315 e. The Hall–Kier alpha value is -0.410. The molecule has 2 heterocycles. The molecular formula is C8H14N2O. The normalized spacial score (nSPS) is 27.7. The van der Waals surface area contributed by atoms with Gasteiger partial charge < -0.3 is 5.32 Å². The smallest absolute Gasteiger partial charge is 0.143 e. The lowest BCUT2D eigenvalue weighted by Gasteiger charge is -2.56. The Kier molecular flexibility index (Phi) is 1.51. The molecule has 0 aromatic rings. The van der Waals surface area contributed by atoms with Crippen LogP contribution in [0.5, 0.6) is 0 Å². The molecule has 2 saturated heterocycles. The number of carbonyl (C=O) groups excluding carboxylic acids is 1. The zero-order valence-corrected chi connectivity index (χ0v) is 6.89. The second kappa shape index (κ2) is 2.29. The van der Waals surface area contributed by atoms with Crippen LogP contribution in [-0.2, 0) is 4.79 Å². The number of nitrogens with zero attached hydrogens (tertiary/aromatic N) is 1. The molecule has 3 nitrogen and oxygen atoms in total. The molecule has 62 valence electrons. The molecule has 0 aromatic carbocycles. The summed E-state index contributed by atoms with van der Waals surface area (Å²) in [6, 6.07) is 0. The fraction of sp³-hybridized carbons (Fsp3) is 0.875. The Balaban J connectivity index is 1.75. The Morgan fingerprint density at radius 3 is 2.55 bits per heavy atom. The predicted molar refractivity (Wildman–Crippen MR) is 42.4 cm³/mol. The maximum Gasteiger partial charge on any atom is 0.143 e. The average molecular weight is 154 g/mol. The summed E-state index contributed by atoms with van der Waals surface area (Å²) in [6.07, 6.45) is 0.